The summed E-state index contributed by atoms with van der Waals surface area (Å²) in [5.74, 6) is 0. The predicted octanol–water partition coefficient (Wildman–Crippen LogP) is 4.26. The molecule has 0 aliphatic carbocycles. The molecule has 0 saturated carbocycles. The second-order valence-corrected chi connectivity index (χ2v) is 5.93. The number of rotatable bonds is 4. The number of hydrogen-bond acceptors (Lipinski definition) is 1. The fourth-order valence-electron chi connectivity index (χ4n) is 1.43. The van der Waals surface area contributed by atoms with Gasteiger partial charge in [-0.1, -0.05) is 35.3 Å². The summed E-state index contributed by atoms with van der Waals surface area (Å²) in [6, 6.07) is 5.29. The molecule has 0 amide bonds. The molecular formula is C13H18Cl2FN. The standard InChI is InChI=1S/C13H18Cl2FN/c1-13(2,3)17-8-10(16)7-9-5-4-6-11(14)12(9)15/h4-6,10,17H,7-8H2,1-3H3. The van der Waals surface area contributed by atoms with Gasteiger partial charge in [-0.2, -0.15) is 0 Å². The molecule has 96 valence electrons. The van der Waals surface area contributed by atoms with E-state index in [4.69, 9.17) is 23.2 Å². The first-order valence-corrected chi connectivity index (χ1v) is 6.37. The normalized spacial score (nSPS) is 13.8. The molecule has 0 saturated heterocycles. The van der Waals surface area contributed by atoms with Crippen molar-refractivity contribution < 1.29 is 4.39 Å². The van der Waals surface area contributed by atoms with Crippen molar-refractivity contribution in [3.8, 4) is 0 Å². The average molecular weight is 278 g/mol. The third-order valence-corrected chi connectivity index (χ3v) is 3.18. The molecule has 1 atom stereocenters. The molecule has 0 spiro atoms. The Morgan fingerprint density at radius 1 is 1.29 bits per heavy atom. The predicted molar refractivity (Wildman–Crippen MR) is 72.8 cm³/mol. The van der Waals surface area contributed by atoms with E-state index in [1.165, 1.54) is 0 Å². The molecule has 0 radical (unpaired) electrons. The van der Waals surface area contributed by atoms with Crippen LogP contribution < -0.4 is 5.32 Å². The minimum Gasteiger partial charge on any atom is -0.309 e. The summed E-state index contributed by atoms with van der Waals surface area (Å²) in [4.78, 5) is 0. The summed E-state index contributed by atoms with van der Waals surface area (Å²) in [5.41, 5.74) is 0.671. The molecule has 0 aromatic heterocycles. The maximum Gasteiger partial charge on any atom is 0.117 e. The molecule has 0 fully saturated rings. The van der Waals surface area contributed by atoms with Gasteiger partial charge < -0.3 is 5.32 Å². The van der Waals surface area contributed by atoms with Gasteiger partial charge in [-0.05, 0) is 32.4 Å². The molecule has 1 rings (SSSR count). The fourth-order valence-corrected chi connectivity index (χ4v) is 1.83. The summed E-state index contributed by atoms with van der Waals surface area (Å²) < 4.78 is 13.8. The van der Waals surface area contributed by atoms with Crippen molar-refractivity contribution in [3.05, 3.63) is 33.8 Å². The van der Waals surface area contributed by atoms with Crippen molar-refractivity contribution >= 4 is 23.2 Å². The first-order valence-electron chi connectivity index (χ1n) is 5.61. The lowest BCUT2D eigenvalue weighted by molar-refractivity contribution is 0.284. The second-order valence-electron chi connectivity index (χ2n) is 5.15. The van der Waals surface area contributed by atoms with Crippen LogP contribution in [0.15, 0.2) is 18.2 Å². The first kappa shape index (κ1) is 14.7. The number of alkyl halides is 1. The van der Waals surface area contributed by atoms with Crippen LogP contribution in [0.3, 0.4) is 0 Å². The van der Waals surface area contributed by atoms with Crippen LogP contribution >= 0.6 is 23.2 Å². The monoisotopic (exact) mass is 277 g/mol. The van der Waals surface area contributed by atoms with E-state index >= 15 is 0 Å². The van der Waals surface area contributed by atoms with Crippen LogP contribution in [0.1, 0.15) is 26.3 Å². The average Bonchev–Trinajstić information content (AvgIpc) is 2.21. The van der Waals surface area contributed by atoms with Crippen molar-refractivity contribution in [3.63, 3.8) is 0 Å². The molecule has 1 N–H and O–H groups in total. The number of benzene rings is 1. The Morgan fingerprint density at radius 2 is 1.94 bits per heavy atom. The zero-order chi connectivity index (χ0) is 13.1. The second kappa shape index (κ2) is 6.03. The highest BCUT2D eigenvalue weighted by Gasteiger charge is 2.15. The molecule has 1 aromatic rings. The van der Waals surface area contributed by atoms with Crippen LogP contribution in [-0.4, -0.2) is 18.3 Å². The molecule has 0 heterocycles. The van der Waals surface area contributed by atoms with Gasteiger partial charge in [0, 0.05) is 18.5 Å². The molecule has 0 bridgehead atoms. The van der Waals surface area contributed by atoms with E-state index in [1.54, 1.807) is 18.2 Å². The van der Waals surface area contributed by atoms with E-state index in [-0.39, 0.29) is 12.0 Å². The first-order chi connectivity index (χ1) is 7.79. The van der Waals surface area contributed by atoms with Crippen LogP contribution in [0.25, 0.3) is 0 Å². The third kappa shape index (κ3) is 5.24. The SMILES string of the molecule is CC(C)(C)NCC(F)Cc1cccc(Cl)c1Cl. The lowest BCUT2D eigenvalue weighted by atomic mass is 10.1. The summed E-state index contributed by atoms with van der Waals surface area (Å²) in [6.45, 7) is 6.33. The van der Waals surface area contributed by atoms with Crippen molar-refractivity contribution in [1.29, 1.82) is 0 Å². The molecule has 1 aromatic carbocycles. The maximum atomic E-state index is 13.8. The van der Waals surface area contributed by atoms with Crippen molar-refractivity contribution in [2.24, 2.45) is 0 Å². The van der Waals surface area contributed by atoms with Gasteiger partial charge in [0.15, 0.2) is 0 Å². The van der Waals surface area contributed by atoms with Crippen molar-refractivity contribution in [2.45, 2.75) is 38.9 Å². The van der Waals surface area contributed by atoms with Gasteiger partial charge in [-0.15, -0.1) is 0 Å². The lowest BCUT2D eigenvalue weighted by Crippen LogP contribution is -2.40. The molecule has 1 nitrogen and oxygen atoms in total. The fraction of sp³-hybridized carbons (Fsp3) is 0.538. The van der Waals surface area contributed by atoms with Gasteiger partial charge in [-0.25, -0.2) is 4.39 Å². The Kier molecular flexibility index (Phi) is 5.23. The van der Waals surface area contributed by atoms with Gasteiger partial charge in [-0.3, -0.25) is 0 Å². The van der Waals surface area contributed by atoms with Gasteiger partial charge >= 0.3 is 0 Å². The van der Waals surface area contributed by atoms with E-state index in [9.17, 15) is 4.39 Å². The zero-order valence-corrected chi connectivity index (χ0v) is 11.9. The lowest BCUT2D eigenvalue weighted by Gasteiger charge is -2.22. The minimum atomic E-state index is -0.967. The van der Waals surface area contributed by atoms with E-state index in [1.807, 2.05) is 20.8 Å². The Morgan fingerprint density at radius 3 is 2.53 bits per heavy atom. The van der Waals surface area contributed by atoms with Crippen LogP contribution in [0.4, 0.5) is 4.39 Å². The highest BCUT2D eigenvalue weighted by molar-refractivity contribution is 6.42. The number of hydrogen-bond donors (Lipinski definition) is 1. The Balaban J connectivity index is 2.56. The number of nitrogens with one attached hydrogen (secondary N) is 1. The van der Waals surface area contributed by atoms with Gasteiger partial charge in [0.25, 0.3) is 0 Å². The highest BCUT2D eigenvalue weighted by atomic mass is 35.5. The summed E-state index contributed by atoms with van der Waals surface area (Å²) in [6.07, 6.45) is -0.687. The maximum absolute atomic E-state index is 13.8. The summed E-state index contributed by atoms with van der Waals surface area (Å²) in [7, 11) is 0. The summed E-state index contributed by atoms with van der Waals surface area (Å²) in [5, 5.41) is 4.05. The molecule has 0 aliphatic rings. The molecule has 17 heavy (non-hydrogen) atoms. The van der Waals surface area contributed by atoms with E-state index in [0.717, 1.165) is 5.56 Å². The van der Waals surface area contributed by atoms with Crippen LogP contribution in [0.5, 0.6) is 0 Å². The Bertz CT molecular complexity index is 374. The largest absolute Gasteiger partial charge is 0.309 e. The Hall–Kier alpha value is -0.310. The quantitative estimate of drug-likeness (QED) is 0.867. The van der Waals surface area contributed by atoms with E-state index in [2.05, 4.69) is 5.32 Å². The van der Waals surface area contributed by atoms with E-state index in [0.29, 0.717) is 16.6 Å². The van der Waals surface area contributed by atoms with Crippen LogP contribution in [0, 0.1) is 0 Å². The van der Waals surface area contributed by atoms with Gasteiger partial charge in [0.1, 0.15) is 6.17 Å². The minimum absolute atomic E-state index is 0.0809. The molecular weight excluding hydrogens is 260 g/mol. The highest BCUT2D eigenvalue weighted by Crippen LogP contribution is 2.26. The number of halogens is 3. The van der Waals surface area contributed by atoms with E-state index < -0.39 is 6.17 Å². The molecule has 4 heteroatoms. The smallest absolute Gasteiger partial charge is 0.117 e. The van der Waals surface area contributed by atoms with Crippen molar-refractivity contribution in [2.75, 3.05) is 6.54 Å². The molecule has 0 aliphatic heterocycles. The van der Waals surface area contributed by atoms with Gasteiger partial charge in [0.05, 0.1) is 10.0 Å². The van der Waals surface area contributed by atoms with Crippen LogP contribution in [0.2, 0.25) is 10.0 Å². The summed E-state index contributed by atoms with van der Waals surface area (Å²) >= 11 is 11.9. The van der Waals surface area contributed by atoms with Gasteiger partial charge in [0.2, 0.25) is 0 Å². The third-order valence-electron chi connectivity index (χ3n) is 2.33. The van der Waals surface area contributed by atoms with Crippen molar-refractivity contribution in [1.82, 2.24) is 5.32 Å². The molecule has 1 unspecified atom stereocenters. The van der Waals surface area contributed by atoms with Crippen LogP contribution in [-0.2, 0) is 6.42 Å². The zero-order valence-electron chi connectivity index (χ0n) is 10.4. The Labute approximate surface area is 112 Å². The topological polar surface area (TPSA) is 12.0 Å².